The summed E-state index contributed by atoms with van der Waals surface area (Å²) < 4.78 is 16.8. The van der Waals surface area contributed by atoms with Gasteiger partial charge in [0, 0.05) is 12.0 Å². The largest absolute Gasteiger partial charge is 0.486 e. The fraction of sp³-hybridized carbons (Fsp3) is 0.438. The summed E-state index contributed by atoms with van der Waals surface area (Å²) in [5.41, 5.74) is 1.94. The molecule has 1 atom stereocenters. The van der Waals surface area contributed by atoms with Crippen LogP contribution in [0.2, 0.25) is 0 Å². The highest BCUT2D eigenvalue weighted by Crippen LogP contribution is 2.37. The van der Waals surface area contributed by atoms with E-state index in [1.807, 2.05) is 32.0 Å². The van der Waals surface area contributed by atoms with Crippen molar-refractivity contribution in [3.8, 4) is 11.5 Å². The van der Waals surface area contributed by atoms with Crippen LogP contribution in [0.15, 0.2) is 23.6 Å². The number of nitrogens with zero attached hydrogens (tertiary/aromatic N) is 1. The van der Waals surface area contributed by atoms with Crippen LogP contribution < -0.4 is 14.8 Å². The Hall–Kier alpha value is -1.79. The van der Waals surface area contributed by atoms with Crippen LogP contribution in [-0.2, 0) is 11.3 Å². The Morgan fingerprint density at radius 3 is 3.09 bits per heavy atom. The van der Waals surface area contributed by atoms with Crippen molar-refractivity contribution >= 4 is 17.0 Å². The fourth-order valence-corrected chi connectivity index (χ4v) is 3.13. The van der Waals surface area contributed by atoms with Crippen LogP contribution in [0.1, 0.15) is 30.7 Å². The van der Waals surface area contributed by atoms with Crippen molar-refractivity contribution in [2.45, 2.75) is 26.5 Å². The lowest BCUT2D eigenvalue weighted by atomic mass is 10.2. The number of hydrogen-bond donors (Lipinski definition) is 1. The molecule has 0 saturated carbocycles. The Labute approximate surface area is 134 Å². The standard InChI is InChI=1S/C16H20N2O3S/c1-3-19-11(2)16-18-12(10-22-16)9-17-13-5-4-6-14-15(13)21-8-7-20-14/h4-6,10-11,17H,3,7-9H2,1-2H3/t11-/m1/s1. The van der Waals surface area contributed by atoms with Crippen LogP contribution >= 0.6 is 11.3 Å². The molecule has 0 unspecified atom stereocenters. The second kappa shape index (κ2) is 6.98. The molecule has 0 amide bonds. The summed E-state index contributed by atoms with van der Waals surface area (Å²) in [4.78, 5) is 4.61. The van der Waals surface area contributed by atoms with E-state index in [0.29, 0.717) is 26.4 Å². The van der Waals surface area contributed by atoms with E-state index < -0.39 is 0 Å². The molecule has 0 radical (unpaired) electrons. The lowest BCUT2D eigenvalue weighted by Gasteiger charge is -2.21. The van der Waals surface area contributed by atoms with E-state index in [9.17, 15) is 0 Å². The Morgan fingerprint density at radius 2 is 2.23 bits per heavy atom. The molecule has 2 aromatic rings. The molecule has 0 saturated heterocycles. The first-order valence-corrected chi connectivity index (χ1v) is 8.34. The van der Waals surface area contributed by atoms with Crippen LogP contribution in [0.4, 0.5) is 5.69 Å². The minimum Gasteiger partial charge on any atom is -0.486 e. The van der Waals surface area contributed by atoms with Crippen molar-refractivity contribution in [1.82, 2.24) is 4.98 Å². The van der Waals surface area contributed by atoms with Crippen molar-refractivity contribution in [1.29, 1.82) is 0 Å². The first-order chi connectivity index (χ1) is 10.8. The zero-order chi connectivity index (χ0) is 15.4. The molecule has 1 aromatic carbocycles. The normalized spacial score (nSPS) is 14.6. The van der Waals surface area contributed by atoms with Gasteiger partial charge in [0.25, 0.3) is 0 Å². The maximum absolute atomic E-state index is 5.69. The Kier molecular flexibility index (Phi) is 4.80. The van der Waals surface area contributed by atoms with Gasteiger partial charge in [0.05, 0.1) is 17.9 Å². The number of benzene rings is 1. The van der Waals surface area contributed by atoms with Crippen LogP contribution in [-0.4, -0.2) is 24.8 Å². The summed E-state index contributed by atoms with van der Waals surface area (Å²) in [6.07, 6.45) is 0.0463. The molecular formula is C16H20N2O3S. The van der Waals surface area contributed by atoms with E-state index in [-0.39, 0.29) is 6.10 Å². The van der Waals surface area contributed by atoms with Crippen molar-refractivity contribution in [2.24, 2.45) is 0 Å². The molecule has 2 heterocycles. The van der Waals surface area contributed by atoms with E-state index in [2.05, 4.69) is 15.7 Å². The Balaban J connectivity index is 1.66. The molecular weight excluding hydrogens is 300 g/mol. The first kappa shape index (κ1) is 15.1. The Morgan fingerprint density at radius 1 is 1.36 bits per heavy atom. The van der Waals surface area contributed by atoms with Gasteiger partial charge >= 0.3 is 0 Å². The number of para-hydroxylation sites is 1. The molecule has 5 nitrogen and oxygen atoms in total. The summed E-state index contributed by atoms with van der Waals surface area (Å²) in [5.74, 6) is 1.58. The van der Waals surface area contributed by atoms with Crippen LogP contribution in [0.25, 0.3) is 0 Å². The molecule has 0 aliphatic carbocycles. The van der Waals surface area contributed by atoms with Gasteiger partial charge in [-0.3, -0.25) is 0 Å². The third kappa shape index (κ3) is 3.34. The monoisotopic (exact) mass is 320 g/mol. The summed E-state index contributed by atoms with van der Waals surface area (Å²) in [5, 5.41) is 6.44. The SMILES string of the molecule is CCO[C@H](C)c1nc(CNc2cccc3c2OCCO3)cs1. The minimum absolute atomic E-state index is 0.0463. The average Bonchev–Trinajstić information content (AvgIpc) is 3.02. The van der Waals surface area contributed by atoms with Gasteiger partial charge in [-0.1, -0.05) is 6.07 Å². The van der Waals surface area contributed by atoms with Gasteiger partial charge in [-0.05, 0) is 26.0 Å². The van der Waals surface area contributed by atoms with E-state index >= 15 is 0 Å². The molecule has 22 heavy (non-hydrogen) atoms. The highest BCUT2D eigenvalue weighted by atomic mass is 32.1. The molecule has 1 aromatic heterocycles. The highest BCUT2D eigenvalue weighted by molar-refractivity contribution is 7.09. The van der Waals surface area contributed by atoms with Gasteiger partial charge in [0.15, 0.2) is 11.5 Å². The predicted molar refractivity (Wildman–Crippen MR) is 86.9 cm³/mol. The van der Waals surface area contributed by atoms with Crippen molar-refractivity contribution < 1.29 is 14.2 Å². The molecule has 1 aliphatic heterocycles. The molecule has 3 rings (SSSR count). The number of fused-ring (bicyclic) bond motifs is 1. The third-order valence-electron chi connectivity index (χ3n) is 3.36. The van der Waals surface area contributed by atoms with Gasteiger partial charge in [-0.25, -0.2) is 4.98 Å². The van der Waals surface area contributed by atoms with Crippen molar-refractivity contribution in [2.75, 3.05) is 25.1 Å². The predicted octanol–water partition coefficient (Wildman–Crippen LogP) is 3.62. The number of aromatic nitrogens is 1. The quantitative estimate of drug-likeness (QED) is 0.881. The topological polar surface area (TPSA) is 52.6 Å². The minimum atomic E-state index is 0.0463. The number of nitrogens with one attached hydrogen (secondary N) is 1. The molecule has 6 heteroatoms. The summed E-state index contributed by atoms with van der Waals surface area (Å²) in [6, 6.07) is 5.87. The third-order valence-corrected chi connectivity index (χ3v) is 4.41. The number of thiazole rings is 1. The molecule has 0 spiro atoms. The average molecular weight is 320 g/mol. The zero-order valence-electron chi connectivity index (χ0n) is 12.8. The fourth-order valence-electron chi connectivity index (χ4n) is 2.31. The maximum Gasteiger partial charge on any atom is 0.184 e. The maximum atomic E-state index is 5.69. The Bertz CT molecular complexity index is 630. The number of ether oxygens (including phenoxy) is 3. The van der Waals surface area contributed by atoms with Gasteiger partial charge in [-0.15, -0.1) is 11.3 Å². The summed E-state index contributed by atoms with van der Waals surface area (Å²) >= 11 is 1.63. The van der Waals surface area contributed by atoms with E-state index in [0.717, 1.165) is 27.9 Å². The summed E-state index contributed by atoms with van der Waals surface area (Å²) in [6.45, 7) is 6.54. The van der Waals surface area contributed by atoms with E-state index in [1.165, 1.54) is 0 Å². The highest BCUT2D eigenvalue weighted by Gasteiger charge is 2.16. The van der Waals surface area contributed by atoms with Gasteiger partial charge < -0.3 is 19.5 Å². The van der Waals surface area contributed by atoms with Gasteiger partial charge in [0.1, 0.15) is 24.3 Å². The number of anilines is 1. The second-order valence-corrected chi connectivity index (χ2v) is 5.85. The van der Waals surface area contributed by atoms with Crippen LogP contribution in [0.3, 0.4) is 0 Å². The molecule has 0 bridgehead atoms. The number of rotatable bonds is 6. The van der Waals surface area contributed by atoms with Crippen molar-refractivity contribution in [3.63, 3.8) is 0 Å². The lowest BCUT2D eigenvalue weighted by molar-refractivity contribution is 0.0761. The second-order valence-electron chi connectivity index (χ2n) is 4.96. The van der Waals surface area contributed by atoms with E-state index in [1.54, 1.807) is 11.3 Å². The van der Waals surface area contributed by atoms with Gasteiger partial charge in [-0.2, -0.15) is 0 Å². The van der Waals surface area contributed by atoms with E-state index in [4.69, 9.17) is 14.2 Å². The zero-order valence-corrected chi connectivity index (χ0v) is 13.6. The molecule has 118 valence electrons. The smallest absolute Gasteiger partial charge is 0.184 e. The lowest BCUT2D eigenvalue weighted by Crippen LogP contribution is -2.16. The first-order valence-electron chi connectivity index (χ1n) is 7.46. The molecule has 0 fully saturated rings. The molecule has 1 N–H and O–H groups in total. The number of hydrogen-bond acceptors (Lipinski definition) is 6. The molecule has 1 aliphatic rings. The van der Waals surface area contributed by atoms with Crippen molar-refractivity contribution in [3.05, 3.63) is 34.3 Å². The van der Waals surface area contributed by atoms with Crippen LogP contribution in [0, 0.1) is 0 Å². The van der Waals surface area contributed by atoms with Gasteiger partial charge in [0.2, 0.25) is 0 Å². The van der Waals surface area contributed by atoms with Crippen LogP contribution in [0.5, 0.6) is 11.5 Å². The summed E-state index contributed by atoms with van der Waals surface area (Å²) in [7, 11) is 0.